The summed E-state index contributed by atoms with van der Waals surface area (Å²) >= 11 is 0. The molecule has 1 unspecified atom stereocenters. The van der Waals surface area contributed by atoms with Gasteiger partial charge in [-0.25, -0.2) is 0 Å². The van der Waals surface area contributed by atoms with E-state index in [2.05, 4.69) is 34.2 Å². The molecule has 0 spiro atoms. The number of likely N-dealkylation sites (tertiary alicyclic amines) is 1. The fourth-order valence-corrected chi connectivity index (χ4v) is 2.88. The van der Waals surface area contributed by atoms with Crippen LogP contribution in [0.3, 0.4) is 0 Å². The predicted molar refractivity (Wildman–Crippen MR) is 96.0 cm³/mol. The van der Waals surface area contributed by atoms with Crippen molar-refractivity contribution in [2.75, 3.05) is 20.1 Å². The van der Waals surface area contributed by atoms with Crippen molar-refractivity contribution < 1.29 is 4.52 Å². The summed E-state index contributed by atoms with van der Waals surface area (Å²) in [5, 5.41) is 7.25. The van der Waals surface area contributed by atoms with Crippen LogP contribution in [-0.2, 0) is 6.54 Å². The van der Waals surface area contributed by atoms with Gasteiger partial charge in [0, 0.05) is 26.2 Å². The smallest absolute Gasteiger partial charge is 0.194 e. The van der Waals surface area contributed by atoms with Gasteiger partial charge in [-0.3, -0.25) is 4.99 Å². The van der Waals surface area contributed by atoms with E-state index in [9.17, 15) is 0 Å². The molecule has 0 amide bonds. The Kier molecular flexibility index (Phi) is 7.48. The van der Waals surface area contributed by atoms with E-state index in [0.717, 1.165) is 42.3 Å². The molecule has 1 aromatic heterocycles. The summed E-state index contributed by atoms with van der Waals surface area (Å²) in [5.74, 6) is 3.38. The number of aryl methyl sites for hydroxylation is 1. The molecule has 1 aromatic rings. The summed E-state index contributed by atoms with van der Waals surface area (Å²) in [6.45, 7) is 9.35. The van der Waals surface area contributed by atoms with Crippen LogP contribution >= 0.6 is 24.0 Å². The van der Waals surface area contributed by atoms with E-state index in [-0.39, 0.29) is 24.0 Å². The zero-order valence-corrected chi connectivity index (χ0v) is 15.8. The minimum atomic E-state index is 0. The van der Waals surface area contributed by atoms with Crippen molar-refractivity contribution in [3.63, 3.8) is 0 Å². The van der Waals surface area contributed by atoms with E-state index in [4.69, 9.17) is 4.52 Å². The Bertz CT molecular complexity index is 458. The molecule has 0 aromatic carbocycles. The van der Waals surface area contributed by atoms with Gasteiger partial charge in [0.2, 0.25) is 0 Å². The first-order valence-corrected chi connectivity index (χ1v) is 7.46. The Hall–Kier alpha value is -0.790. The van der Waals surface area contributed by atoms with E-state index in [0.29, 0.717) is 6.54 Å². The van der Waals surface area contributed by atoms with Crippen molar-refractivity contribution in [2.45, 2.75) is 40.2 Å². The molecule has 5 nitrogen and oxygen atoms in total. The SMILES string of the molecule is CN=C(NCc1cc(C)no1)N1CCC(CC(C)C)C1.I. The molecule has 1 saturated heterocycles. The number of nitrogens with one attached hydrogen (secondary N) is 1. The second-order valence-corrected chi connectivity index (χ2v) is 6.07. The molecule has 1 fully saturated rings. The molecular formula is C15H27IN4O. The van der Waals surface area contributed by atoms with Crippen LogP contribution in [0.2, 0.25) is 0 Å². The summed E-state index contributed by atoms with van der Waals surface area (Å²) in [7, 11) is 1.84. The molecule has 2 heterocycles. The van der Waals surface area contributed by atoms with Gasteiger partial charge in [-0.1, -0.05) is 19.0 Å². The minimum Gasteiger partial charge on any atom is -0.359 e. The Labute approximate surface area is 144 Å². The van der Waals surface area contributed by atoms with Crippen LogP contribution in [0, 0.1) is 18.8 Å². The highest BCUT2D eigenvalue weighted by Crippen LogP contribution is 2.23. The maximum absolute atomic E-state index is 5.21. The normalized spacial score (nSPS) is 19.0. The second-order valence-electron chi connectivity index (χ2n) is 6.07. The first kappa shape index (κ1) is 18.3. The lowest BCUT2D eigenvalue weighted by atomic mass is 9.97. The summed E-state index contributed by atoms with van der Waals surface area (Å²) in [5.41, 5.74) is 0.912. The average molecular weight is 406 g/mol. The lowest BCUT2D eigenvalue weighted by Crippen LogP contribution is -2.39. The number of aliphatic imine (C=N–C) groups is 1. The first-order valence-electron chi connectivity index (χ1n) is 7.46. The molecule has 1 aliphatic heterocycles. The van der Waals surface area contributed by atoms with E-state index >= 15 is 0 Å². The zero-order chi connectivity index (χ0) is 14.5. The Balaban J connectivity index is 0.00000220. The van der Waals surface area contributed by atoms with Crippen LogP contribution in [-0.4, -0.2) is 36.2 Å². The number of hydrogen-bond donors (Lipinski definition) is 1. The molecule has 1 atom stereocenters. The van der Waals surface area contributed by atoms with E-state index < -0.39 is 0 Å². The summed E-state index contributed by atoms with van der Waals surface area (Å²) < 4.78 is 5.21. The quantitative estimate of drug-likeness (QED) is 0.475. The average Bonchev–Trinajstić information content (AvgIpc) is 2.99. The van der Waals surface area contributed by atoms with Gasteiger partial charge in [0.05, 0.1) is 12.2 Å². The van der Waals surface area contributed by atoms with Gasteiger partial charge in [0.25, 0.3) is 0 Å². The highest BCUT2D eigenvalue weighted by atomic mass is 127. The van der Waals surface area contributed by atoms with Crippen molar-refractivity contribution in [3.8, 4) is 0 Å². The number of nitrogens with zero attached hydrogens (tertiary/aromatic N) is 3. The van der Waals surface area contributed by atoms with Gasteiger partial charge < -0.3 is 14.7 Å². The molecule has 21 heavy (non-hydrogen) atoms. The number of rotatable bonds is 4. The highest BCUT2D eigenvalue weighted by Gasteiger charge is 2.25. The van der Waals surface area contributed by atoms with Gasteiger partial charge >= 0.3 is 0 Å². The predicted octanol–water partition coefficient (Wildman–Crippen LogP) is 3.04. The van der Waals surface area contributed by atoms with Gasteiger partial charge in [-0.05, 0) is 31.6 Å². The molecule has 0 aliphatic carbocycles. The van der Waals surface area contributed by atoms with Crippen molar-refractivity contribution >= 4 is 29.9 Å². The van der Waals surface area contributed by atoms with Gasteiger partial charge in [-0.15, -0.1) is 24.0 Å². The molecule has 6 heteroatoms. The van der Waals surface area contributed by atoms with Crippen molar-refractivity contribution in [1.29, 1.82) is 0 Å². The fraction of sp³-hybridized carbons (Fsp3) is 0.733. The van der Waals surface area contributed by atoms with Gasteiger partial charge in [0.15, 0.2) is 11.7 Å². The maximum atomic E-state index is 5.21. The third kappa shape index (κ3) is 5.48. The molecular weight excluding hydrogens is 379 g/mol. The molecule has 120 valence electrons. The van der Waals surface area contributed by atoms with Crippen LogP contribution in [0.4, 0.5) is 0 Å². The highest BCUT2D eigenvalue weighted by molar-refractivity contribution is 14.0. The molecule has 2 rings (SSSR count). The topological polar surface area (TPSA) is 53.7 Å². The van der Waals surface area contributed by atoms with Crippen LogP contribution in [0.1, 0.15) is 38.1 Å². The lowest BCUT2D eigenvalue weighted by Gasteiger charge is -2.21. The Morgan fingerprint density at radius 2 is 2.33 bits per heavy atom. The Morgan fingerprint density at radius 3 is 2.90 bits per heavy atom. The number of aromatic nitrogens is 1. The van der Waals surface area contributed by atoms with Gasteiger partial charge in [-0.2, -0.15) is 0 Å². The van der Waals surface area contributed by atoms with Crippen molar-refractivity contribution in [3.05, 3.63) is 17.5 Å². The van der Waals surface area contributed by atoms with Crippen LogP contribution in [0.5, 0.6) is 0 Å². The van der Waals surface area contributed by atoms with Crippen molar-refractivity contribution in [1.82, 2.24) is 15.4 Å². The Morgan fingerprint density at radius 1 is 1.57 bits per heavy atom. The summed E-state index contributed by atoms with van der Waals surface area (Å²) in [6, 6.07) is 1.95. The van der Waals surface area contributed by atoms with Crippen LogP contribution in [0.15, 0.2) is 15.6 Å². The third-order valence-corrected chi connectivity index (χ3v) is 3.70. The molecule has 0 bridgehead atoms. The maximum Gasteiger partial charge on any atom is 0.194 e. The molecule has 0 saturated carbocycles. The summed E-state index contributed by atoms with van der Waals surface area (Å²) in [6.07, 6.45) is 2.56. The fourth-order valence-electron chi connectivity index (χ4n) is 2.88. The van der Waals surface area contributed by atoms with E-state index in [1.54, 1.807) is 0 Å². The second kappa shape index (κ2) is 8.60. The minimum absolute atomic E-state index is 0. The third-order valence-electron chi connectivity index (χ3n) is 3.70. The lowest BCUT2D eigenvalue weighted by molar-refractivity contribution is 0.371. The number of hydrogen-bond acceptors (Lipinski definition) is 3. The largest absolute Gasteiger partial charge is 0.359 e. The zero-order valence-electron chi connectivity index (χ0n) is 13.4. The first-order chi connectivity index (χ1) is 9.58. The molecule has 1 aliphatic rings. The monoisotopic (exact) mass is 406 g/mol. The van der Waals surface area contributed by atoms with Crippen molar-refractivity contribution in [2.24, 2.45) is 16.8 Å². The van der Waals surface area contributed by atoms with E-state index in [1.807, 2.05) is 20.0 Å². The number of halogens is 1. The van der Waals surface area contributed by atoms with Gasteiger partial charge in [0.1, 0.15) is 0 Å². The molecule has 1 N–H and O–H groups in total. The standard InChI is InChI=1S/C15H26N4O.HI/c1-11(2)7-13-5-6-19(10-13)15(16-4)17-9-14-8-12(3)18-20-14;/h8,11,13H,5-7,9-10H2,1-4H3,(H,16,17);1H. The number of guanidine groups is 1. The van der Waals surface area contributed by atoms with E-state index in [1.165, 1.54) is 12.8 Å². The summed E-state index contributed by atoms with van der Waals surface area (Å²) in [4.78, 5) is 6.72. The molecule has 0 radical (unpaired) electrons. The van der Waals surface area contributed by atoms with Crippen LogP contribution in [0.25, 0.3) is 0 Å². The van der Waals surface area contributed by atoms with Crippen LogP contribution < -0.4 is 5.32 Å².